The third-order valence-electron chi connectivity index (χ3n) is 3.61. The minimum absolute atomic E-state index is 0.269. The Bertz CT molecular complexity index is 668. The molecule has 122 valence electrons. The SMILES string of the molecule is CCCCOC(=O)C(=Cc1cccc2ccccc12)COCC. The van der Waals surface area contributed by atoms with Gasteiger partial charge in [-0.1, -0.05) is 55.8 Å². The van der Waals surface area contributed by atoms with Crippen molar-refractivity contribution in [2.45, 2.75) is 26.7 Å². The van der Waals surface area contributed by atoms with Gasteiger partial charge in [-0.05, 0) is 35.8 Å². The highest BCUT2D eigenvalue weighted by atomic mass is 16.5. The number of rotatable bonds is 8. The molecule has 0 aliphatic heterocycles. The first-order valence-corrected chi connectivity index (χ1v) is 8.19. The van der Waals surface area contributed by atoms with E-state index in [0.29, 0.717) is 18.8 Å². The molecule has 0 spiro atoms. The molecule has 2 aromatic rings. The summed E-state index contributed by atoms with van der Waals surface area (Å²) in [5.74, 6) is -0.292. The van der Waals surface area contributed by atoms with Crippen molar-refractivity contribution in [1.82, 2.24) is 0 Å². The molecule has 23 heavy (non-hydrogen) atoms. The van der Waals surface area contributed by atoms with Crippen LogP contribution in [0.15, 0.2) is 48.0 Å². The maximum absolute atomic E-state index is 12.3. The Kier molecular flexibility index (Phi) is 6.82. The molecule has 0 aromatic heterocycles. The van der Waals surface area contributed by atoms with Gasteiger partial charge in [0.2, 0.25) is 0 Å². The Labute approximate surface area is 137 Å². The fraction of sp³-hybridized carbons (Fsp3) is 0.350. The van der Waals surface area contributed by atoms with E-state index in [1.807, 2.05) is 37.3 Å². The standard InChI is InChI=1S/C20H24O3/c1-3-5-13-23-20(21)18(15-22-4-2)14-17-11-8-10-16-9-6-7-12-19(16)17/h6-12,14H,3-5,13,15H2,1-2H3. The van der Waals surface area contributed by atoms with E-state index in [9.17, 15) is 4.79 Å². The summed E-state index contributed by atoms with van der Waals surface area (Å²) < 4.78 is 10.8. The number of ether oxygens (including phenoxy) is 2. The number of carbonyl (C=O) groups is 1. The lowest BCUT2D eigenvalue weighted by Crippen LogP contribution is -2.13. The van der Waals surface area contributed by atoms with Crippen LogP contribution in [0.25, 0.3) is 16.8 Å². The van der Waals surface area contributed by atoms with Crippen molar-refractivity contribution in [3.63, 3.8) is 0 Å². The van der Waals surface area contributed by atoms with E-state index in [1.165, 1.54) is 0 Å². The van der Waals surface area contributed by atoms with Crippen molar-refractivity contribution < 1.29 is 14.3 Å². The monoisotopic (exact) mass is 312 g/mol. The van der Waals surface area contributed by atoms with Gasteiger partial charge in [0.15, 0.2) is 0 Å². The summed E-state index contributed by atoms with van der Waals surface area (Å²) in [5, 5.41) is 2.27. The molecule has 0 N–H and O–H groups in total. The minimum atomic E-state index is -0.292. The van der Waals surface area contributed by atoms with Crippen molar-refractivity contribution in [1.29, 1.82) is 0 Å². The molecule has 0 amide bonds. The van der Waals surface area contributed by atoms with Gasteiger partial charge >= 0.3 is 5.97 Å². The lowest BCUT2D eigenvalue weighted by Gasteiger charge is -2.09. The van der Waals surface area contributed by atoms with Crippen LogP contribution in [0.3, 0.4) is 0 Å². The molecule has 2 aromatic carbocycles. The number of hydrogen-bond acceptors (Lipinski definition) is 3. The van der Waals surface area contributed by atoms with Crippen molar-refractivity contribution in [2.75, 3.05) is 19.8 Å². The number of benzene rings is 2. The fourth-order valence-corrected chi connectivity index (χ4v) is 2.34. The highest BCUT2D eigenvalue weighted by Crippen LogP contribution is 2.21. The number of fused-ring (bicyclic) bond motifs is 1. The summed E-state index contributed by atoms with van der Waals surface area (Å²) in [6, 6.07) is 14.2. The van der Waals surface area contributed by atoms with Gasteiger partial charge in [0, 0.05) is 6.61 Å². The maximum Gasteiger partial charge on any atom is 0.336 e. The summed E-state index contributed by atoms with van der Waals surface area (Å²) in [5.41, 5.74) is 1.56. The Morgan fingerprint density at radius 1 is 1.09 bits per heavy atom. The average Bonchev–Trinajstić information content (AvgIpc) is 2.58. The fourth-order valence-electron chi connectivity index (χ4n) is 2.34. The van der Waals surface area contributed by atoms with Gasteiger partial charge < -0.3 is 9.47 Å². The van der Waals surface area contributed by atoms with Crippen molar-refractivity contribution in [2.24, 2.45) is 0 Å². The van der Waals surface area contributed by atoms with Crippen LogP contribution in [0.1, 0.15) is 32.3 Å². The first-order valence-electron chi connectivity index (χ1n) is 8.19. The predicted octanol–water partition coefficient (Wildman–Crippen LogP) is 4.60. The van der Waals surface area contributed by atoms with E-state index in [-0.39, 0.29) is 12.6 Å². The molecule has 0 aliphatic carbocycles. The smallest absolute Gasteiger partial charge is 0.336 e. The number of unbranched alkanes of at least 4 members (excludes halogenated alkanes) is 1. The van der Waals surface area contributed by atoms with Crippen LogP contribution in [0.2, 0.25) is 0 Å². The predicted molar refractivity (Wildman–Crippen MR) is 94.3 cm³/mol. The number of hydrogen-bond donors (Lipinski definition) is 0. The van der Waals surface area contributed by atoms with Gasteiger partial charge in [0.1, 0.15) is 0 Å². The third kappa shape index (κ3) is 4.93. The van der Waals surface area contributed by atoms with E-state index in [1.54, 1.807) is 0 Å². The number of esters is 1. The van der Waals surface area contributed by atoms with Gasteiger partial charge in [0.05, 0.1) is 18.8 Å². The summed E-state index contributed by atoms with van der Waals surface area (Å²) in [6.07, 6.45) is 3.76. The molecule has 0 saturated heterocycles. The van der Waals surface area contributed by atoms with Crippen molar-refractivity contribution in [3.8, 4) is 0 Å². The Morgan fingerprint density at radius 2 is 1.87 bits per heavy atom. The molecule has 3 heteroatoms. The van der Waals surface area contributed by atoms with Crippen LogP contribution >= 0.6 is 0 Å². The average molecular weight is 312 g/mol. The van der Waals surface area contributed by atoms with Gasteiger partial charge in [-0.15, -0.1) is 0 Å². The van der Waals surface area contributed by atoms with Crippen LogP contribution in [-0.2, 0) is 14.3 Å². The number of carbonyl (C=O) groups excluding carboxylic acids is 1. The second-order valence-corrected chi connectivity index (χ2v) is 5.36. The third-order valence-corrected chi connectivity index (χ3v) is 3.61. The summed E-state index contributed by atoms with van der Waals surface area (Å²) >= 11 is 0. The van der Waals surface area contributed by atoms with E-state index in [0.717, 1.165) is 29.2 Å². The van der Waals surface area contributed by atoms with Gasteiger partial charge in [-0.2, -0.15) is 0 Å². The van der Waals surface area contributed by atoms with Gasteiger partial charge in [-0.25, -0.2) is 4.79 Å². The molecule has 0 atom stereocenters. The second kappa shape index (κ2) is 9.11. The molecule has 0 fully saturated rings. The van der Waals surface area contributed by atoms with Crippen LogP contribution in [0, 0.1) is 0 Å². The van der Waals surface area contributed by atoms with E-state index in [4.69, 9.17) is 9.47 Å². The zero-order valence-electron chi connectivity index (χ0n) is 13.9. The van der Waals surface area contributed by atoms with Gasteiger partial charge in [-0.3, -0.25) is 0 Å². The molecule has 0 saturated carbocycles. The highest BCUT2D eigenvalue weighted by molar-refractivity contribution is 5.98. The van der Waals surface area contributed by atoms with E-state index >= 15 is 0 Å². The summed E-state index contributed by atoms with van der Waals surface area (Å²) in [7, 11) is 0. The molecule has 0 heterocycles. The van der Waals surface area contributed by atoms with E-state index < -0.39 is 0 Å². The molecule has 0 bridgehead atoms. The van der Waals surface area contributed by atoms with Crippen LogP contribution in [0.4, 0.5) is 0 Å². The lowest BCUT2D eigenvalue weighted by atomic mass is 10.0. The quantitative estimate of drug-likeness (QED) is 0.406. The Balaban J connectivity index is 2.29. The minimum Gasteiger partial charge on any atom is -0.462 e. The second-order valence-electron chi connectivity index (χ2n) is 5.36. The Morgan fingerprint density at radius 3 is 2.65 bits per heavy atom. The van der Waals surface area contributed by atoms with Crippen LogP contribution in [-0.4, -0.2) is 25.8 Å². The van der Waals surface area contributed by atoms with Crippen LogP contribution < -0.4 is 0 Å². The lowest BCUT2D eigenvalue weighted by molar-refractivity contribution is -0.139. The maximum atomic E-state index is 12.3. The summed E-state index contributed by atoms with van der Waals surface area (Å²) in [6.45, 7) is 5.27. The van der Waals surface area contributed by atoms with Crippen molar-refractivity contribution in [3.05, 3.63) is 53.6 Å². The van der Waals surface area contributed by atoms with Gasteiger partial charge in [0.25, 0.3) is 0 Å². The molecule has 3 nitrogen and oxygen atoms in total. The normalized spacial score (nSPS) is 11.7. The van der Waals surface area contributed by atoms with Crippen LogP contribution in [0.5, 0.6) is 0 Å². The molecule has 0 aliphatic rings. The van der Waals surface area contributed by atoms with Crippen molar-refractivity contribution >= 4 is 22.8 Å². The largest absolute Gasteiger partial charge is 0.462 e. The molecule has 0 unspecified atom stereocenters. The summed E-state index contributed by atoms with van der Waals surface area (Å²) in [4.78, 5) is 12.3. The van der Waals surface area contributed by atoms with E-state index in [2.05, 4.69) is 25.1 Å². The molecular formula is C20H24O3. The highest BCUT2D eigenvalue weighted by Gasteiger charge is 2.12. The first-order chi connectivity index (χ1) is 11.3. The molecule has 2 rings (SSSR count). The molecular weight excluding hydrogens is 288 g/mol. The Hall–Kier alpha value is -2.13. The zero-order valence-corrected chi connectivity index (χ0v) is 13.9. The zero-order chi connectivity index (χ0) is 16.5. The first kappa shape index (κ1) is 17.2. The molecule has 0 radical (unpaired) electrons. The topological polar surface area (TPSA) is 35.5 Å².